The summed E-state index contributed by atoms with van der Waals surface area (Å²) in [6.07, 6.45) is 2.96. The maximum Gasteiger partial charge on any atom is 0.321 e. The second kappa shape index (κ2) is 12.7. The number of likely N-dealkylation sites (tertiary alicyclic amines) is 1. The molecule has 2 rings (SSSR count). The molecule has 2 N–H and O–H groups in total. The number of esters is 1. The number of benzene rings is 1. The average molecular weight is 448 g/mol. The van der Waals surface area contributed by atoms with Crippen LogP contribution in [-0.4, -0.2) is 55.5 Å². The number of hydrogen-bond acceptors (Lipinski definition) is 6. The molecule has 1 aliphatic heterocycles. The van der Waals surface area contributed by atoms with Crippen molar-refractivity contribution < 1.29 is 28.7 Å². The molecule has 1 heterocycles. The van der Waals surface area contributed by atoms with E-state index >= 15 is 0 Å². The number of ether oxygens (including phenoxy) is 2. The van der Waals surface area contributed by atoms with E-state index in [2.05, 4.69) is 10.6 Å². The first-order valence-electron chi connectivity index (χ1n) is 11.1. The Bertz CT molecular complexity index is 813. The van der Waals surface area contributed by atoms with Crippen LogP contribution >= 0.6 is 0 Å². The van der Waals surface area contributed by atoms with E-state index in [1.165, 1.54) is 0 Å². The summed E-state index contributed by atoms with van der Waals surface area (Å²) in [6.45, 7) is 4.30. The fourth-order valence-electron chi connectivity index (χ4n) is 3.78. The average Bonchev–Trinajstić information content (AvgIpc) is 2.80. The Kier molecular flexibility index (Phi) is 9.97. The van der Waals surface area contributed by atoms with Gasteiger partial charge < -0.3 is 19.7 Å². The summed E-state index contributed by atoms with van der Waals surface area (Å²) in [6, 6.07) is 6.10. The highest BCUT2D eigenvalue weighted by molar-refractivity contribution is 5.95. The molecule has 2 unspecified atom stereocenters. The molecule has 0 saturated carbocycles. The van der Waals surface area contributed by atoms with Gasteiger partial charge in [-0.25, -0.2) is 4.79 Å². The van der Waals surface area contributed by atoms with E-state index < -0.39 is 36.5 Å². The standard InChI is InChI=1S/C23H33N3O6/c1-4-6-14-26-20(28)12-11-17(21(26)16-9-7-8-10-18(16)31-3)22(29)32-15-19(27)25-23(30)24-13-5-2/h7-10,17,21H,4-6,11-15H2,1-3H3,(H2,24,25,27,30). The summed E-state index contributed by atoms with van der Waals surface area (Å²) in [4.78, 5) is 51.0. The van der Waals surface area contributed by atoms with Crippen molar-refractivity contribution in [3.63, 3.8) is 0 Å². The molecule has 4 amide bonds. The van der Waals surface area contributed by atoms with Crippen LogP contribution in [0.25, 0.3) is 0 Å². The zero-order chi connectivity index (χ0) is 23.5. The number of nitrogens with one attached hydrogen (secondary N) is 2. The fraction of sp³-hybridized carbons (Fsp3) is 0.565. The molecule has 9 heteroatoms. The Labute approximate surface area is 188 Å². The van der Waals surface area contributed by atoms with Crippen LogP contribution in [0.5, 0.6) is 5.75 Å². The number of imide groups is 1. The predicted octanol–water partition coefficient (Wildman–Crippen LogP) is 2.55. The Balaban J connectivity index is 2.17. The number of para-hydroxylation sites is 1. The molecule has 9 nitrogen and oxygen atoms in total. The van der Waals surface area contributed by atoms with Crippen molar-refractivity contribution in [1.82, 2.24) is 15.5 Å². The summed E-state index contributed by atoms with van der Waals surface area (Å²) >= 11 is 0. The molecule has 1 fully saturated rings. The molecule has 0 bridgehead atoms. The van der Waals surface area contributed by atoms with Crippen molar-refractivity contribution in [3.05, 3.63) is 29.8 Å². The Hall–Kier alpha value is -3.10. The molecular weight excluding hydrogens is 414 g/mol. The van der Waals surface area contributed by atoms with Gasteiger partial charge in [0.2, 0.25) is 5.91 Å². The first kappa shape index (κ1) is 25.2. The molecule has 0 radical (unpaired) electrons. The monoisotopic (exact) mass is 447 g/mol. The smallest absolute Gasteiger partial charge is 0.321 e. The van der Waals surface area contributed by atoms with Gasteiger partial charge >= 0.3 is 12.0 Å². The van der Waals surface area contributed by atoms with Gasteiger partial charge in [-0.1, -0.05) is 38.5 Å². The van der Waals surface area contributed by atoms with Gasteiger partial charge in [0.25, 0.3) is 5.91 Å². The summed E-state index contributed by atoms with van der Waals surface area (Å²) in [5, 5.41) is 4.64. The molecule has 1 aromatic rings. The van der Waals surface area contributed by atoms with Crippen LogP contribution in [0.1, 0.15) is 57.6 Å². The normalized spacial score (nSPS) is 18.1. The SMILES string of the molecule is CCCCN1C(=O)CCC(C(=O)OCC(=O)NC(=O)NCCC)C1c1ccccc1OC. The number of methoxy groups -OCH3 is 1. The number of piperidine rings is 1. The zero-order valence-electron chi connectivity index (χ0n) is 19.0. The van der Waals surface area contributed by atoms with Gasteiger partial charge in [0.05, 0.1) is 19.1 Å². The van der Waals surface area contributed by atoms with E-state index in [1.54, 1.807) is 18.1 Å². The third-order valence-electron chi connectivity index (χ3n) is 5.35. The number of hydrogen-bond donors (Lipinski definition) is 2. The van der Waals surface area contributed by atoms with Gasteiger partial charge in [0.15, 0.2) is 6.61 Å². The zero-order valence-corrected chi connectivity index (χ0v) is 19.0. The van der Waals surface area contributed by atoms with Gasteiger partial charge in [-0.2, -0.15) is 0 Å². The lowest BCUT2D eigenvalue weighted by Crippen LogP contribution is -2.47. The highest BCUT2D eigenvalue weighted by Crippen LogP contribution is 2.41. The van der Waals surface area contributed by atoms with Crippen LogP contribution in [0.2, 0.25) is 0 Å². The molecule has 176 valence electrons. The van der Waals surface area contributed by atoms with Crippen molar-refractivity contribution in [2.75, 3.05) is 26.8 Å². The van der Waals surface area contributed by atoms with Crippen molar-refractivity contribution in [3.8, 4) is 5.75 Å². The lowest BCUT2D eigenvalue weighted by Gasteiger charge is -2.40. The third kappa shape index (κ3) is 6.70. The molecule has 0 spiro atoms. The summed E-state index contributed by atoms with van der Waals surface area (Å²) in [5.74, 6) is -1.39. The van der Waals surface area contributed by atoms with E-state index in [0.29, 0.717) is 25.3 Å². The van der Waals surface area contributed by atoms with E-state index in [0.717, 1.165) is 24.8 Å². The van der Waals surface area contributed by atoms with Gasteiger partial charge in [-0.3, -0.25) is 19.7 Å². The van der Waals surface area contributed by atoms with Gasteiger partial charge in [-0.15, -0.1) is 0 Å². The van der Waals surface area contributed by atoms with E-state index in [1.807, 2.05) is 32.0 Å². The summed E-state index contributed by atoms with van der Waals surface area (Å²) in [7, 11) is 1.54. The highest BCUT2D eigenvalue weighted by atomic mass is 16.5. The molecule has 2 atom stereocenters. The molecule has 32 heavy (non-hydrogen) atoms. The predicted molar refractivity (Wildman–Crippen MR) is 118 cm³/mol. The topological polar surface area (TPSA) is 114 Å². The minimum atomic E-state index is -0.712. The largest absolute Gasteiger partial charge is 0.496 e. The van der Waals surface area contributed by atoms with Gasteiger partial charge in [-0.05, 0) is 25.3 Å². The van der Waals surface area contributed by atoms with Crippen LogP contribution in [0.4, 0.5) is 4.79 Å². The van der Waals surface area contributed by atoms with Gasteiger partial charge in [0, 0.05) is 25.1 Å². The number of carbonyl (C=O) groups excluding carboxylic acids is 4. The Morgan fingerprint density at radius 3 is 2.59 bits per heavy atom. The van der Waals surface area contributed by atoms with E-state index in [-0.39, 0.29) is 12.3 Å². The second-order valence-corrected chi connectivity index (χ2v) is 7.68. The molecule has 0 aliphatic carbocycles. The fourth-order valence-corrected chi connectivity index (χ4v) is 3.78. The minimum absolute atomic E-state index is 0.0243. The molecule has 1 aliphatic rings. The minimum Gasteiger partial charge on any atom is -0.496 e. The first-order chi connectivity index (χ1) is 15.4. The number of rotatable bonds is 10. The molecular formula is C23H33N3O6. The first-order valence-corrected chi connectivity index (χ1v) is 11.1. The van der Waals surface area contributed by atoms with Crippen molar-refractivity contribution in [2.45, 2.75) is 52.0 Å². The quantitative estimate of drug-likeness (QED) is 0.533. The van der Waals surface area contributed by atoms with Crippen LogP contribution in [0, 0.1) is 5.92 Å². The lowest BCUT2D eigenvalue weighted by molar-refractivity contribution is -0.159. The number of carbonyl (C=O) groups is 4. The maximum atomic E-state index is 13.0. The molecule has 0 aromatic heterocycles. The summed E-state index contributed by atoms with van der Waals surface area (Å²) in [5.41, 5.74) is 0.726. The van der Waals surface area contributed by atoms with Gasteiger partial charge in [0.1, 0.15) is 5.75 Å². The lowest BCUT2D eigenvalue weighted by atomic mass is 9.83. The Morgan fingerprint density at radius 2 is 1.91 bits per heavy atom. The van der Waals surface area contributed by atoms with Crippen molar-refractivity contribution in [1.29, 1.82) is 0 Å². The molecule has 1 aromatic carbocycles. The van der Waals surface area contributed by atoms with Crippen molar-refractivity contribution in [2.24, 2.45) is 5.92 Å². The van der Waals surface area contributed by atoms with Crippen LogP contribution < -0.4 is 15.4 Å². The third-order valence-corrected chi connectivity index (χ3v) is 5.35. The summed E-state index contributed by atoms with van der Waals surface area (Å²) < 4.78 is 10.7. The van der Waals surface area contributed by atoms with Crippen molar-refractivity contribution >= 4 is 23.8 Å². The second-order valence-electron chi connectivity index (χ2n) is 7.68. The van der Waals surface area contributed by atoms with Crippen LogP contribution in [0.15, 0.2) is 24.3 Å². The number of unbranched alkanes of at least 4 members (excludes halogenated alkanes) is 1. The maximum absolute atomic E-state index is 13.0. The molecule has 1 saturated heterocycles. The number of amides is 4. The van der Waals surface area contributed by atoms with Crippen LogP contribution in [-0.2, 0) is 19.1 Å². The highest BCUT2D eigenvalue weighted by Gasteiger charge is 2.42. The Morgan fingerprint density at radius 1 is 1.16 bits per heavy atom. The number of urea groups is 1. The van der Waals surface area contributed by atoms with E-state index in [9.17, 15) is 19.2 Å². The van der Waals surface area contributed by atoms with Crippen LogP contribution in [0.3, 0.4) is 0 Å². The van der Waals surface area contributed by atoms with E-state index in [4.69, 9.17) is 9.47 Å². The number of nitrogens with zero attached hydrogens (tertiary/aromatic N) is 1.